The molecule has 0 radical (unpaired) electrons. The van der Waals surface area contributed by atoms with Gasteiger partial charge in [0.1, 0.15) is 0 Å². The number of anilines is 1. The third kappa shape index (κ3) is 3.00. The molecule has 1 aromatic carbocycles. The highest BCUT2D eigenvalue weighted by Gasteiger charge is 2.08. The number of nitrogens with two attached hydrogens (primary N) is 1. The van der Waals surface area contributed by atoms with Gasteiger partial charge in [0.05, 0.1) is 0 Å². The van der Waals surface area contributed by atoms with E-state index in [-0.39, 0.29) is 0 Å². The largest absolute Gasteiger partial charge is 0.372 e. The predicted molar refractivity (Wildman–Crippen MR) is 65.7 cm³/mol. The fourth-order valence-corrected chi connectivity index (χ4v) is 1.63. The van der Waals surface area contributed by atoms with Gasteiger partial charge in [-0.1, -0.05) is 15.9 Å². The topological polar surface area (TPSA) is 29.3 Å². The lowest BCUT2D eigenvalue weighted by atomic mass is 10.2. The van der Waals surface area contributed by atoms with E-state index in [4.69, 9.17) is 5.73 Å². The number of benzene rings is 1. The van der Waals surface area contributed by atoms with Crippen molar-refractivity contribution in [2.24, 2.45) is 5.73 Å². The van der Waals surface area contributed by atoms with E-state index in [1.54, 1.807) is 0 Å². The second kappa shape index (κ2) is 5.37. The smallest absolute Gasteiger partial charge is 0.0366 e. The third-order valence-corrected chi connectivity index (χ3v) is 3.01. The molecule has 0 aliphatic rings. The van der Waals surface area contributed by atoms with Crippen molar-refractivity contribution >= 4 is 21.6 Å². The van der Waals surface area contributed by atoms with Crippen LogP contribution in [0.1, 0.15) is 13.3 Å². The standard InChI is InChI=1S/C11H17BrN2/c1-9(7-8-13)14(2)11-5-3-10(12)4-6-11/h3-6,9H,7-8,13H2,1-2H3. The van der Waals surface area contributed by atoms with Crippen molar-refractivity contribution in [3.63, 3.8) is 0 Å². The second-order valence-electron chi connectivity index (χ2n) is 3.51. The van der Waals surface area contributed by atoms with Crippen molar-refractivity contribution in [2.45, 2.75) is 19.4 Å². The van der Waals surface area contributed by atoms with Gasteiger partial charge in [0.2, 0.25) is 0 Å². The molecule has 0 aliphatic heterocycles. The zero-order valence-electron chi connectivity index (χ0n) is 8.70. The van der Waals surface area contributed by atoms with Gasteiger partial charge in [0.25, 0.3) is 0 Å². The lowest BCUT2D eigenvalue weighted by Gasteiger charge is -2.26. The summed E-state index contributed by atoms with van der Waals surface area (Å²) in [6.45, 7) is 2.93. The summed E-state index contributed by atoms with van der Waals surface area (Å²) in [5.41, 5.74) is 6.77. The minimum atomic E-state index is 0.487. The van der Waals surface area contributed by atoms with Crippen LogP contribution in [-0.2, 0) is 0 Å². The van der Waals surface area contributed by atoms with Crippen LogP contribution in [0.3, 0.4) is 0 Å². The van der Waals surface area contributed by atoms with Gasteiger partial charge < -0.3 is 10.6 Å². The second-order valence-corrected chi connectivity index (χ2v) is 4.43. The van der Waals surface area contributed by atoms with Crippen molar-refractivity contribution in [1.82, 2.24) is 0 Å². The number of halogens is 1. The van der Waals surface area contributed by atoms with E-state index in [0.29, 0.717) is 6.04 Å². The molecule has 0 heterocycles. The highest BCUT2D eigenvalue weighted by atomic mass is 79.9. The molecule has 1 unspecified atom stereocenters. The molecule has 0 bridgehead atoms. The summed E-state index contributed by atoms with van der Waals surface area (Å²) in [6.07, 6.45) is 1.02. The quantitative estimate of drug-likeness (QED) is 0.898. The molecule has 14 heavy (non-hydrogen) atoms. The van der Waals surface area contributed by atoms with Crippen LogP contribution in [0.2, 0.25) is 0 Å². The summed E-state index contributed by atoms with van der Waals surface area (Å²) in [5.74, 6) is 0. The van der Waals surface area contributed by atoms with Gasteiger partial charge in [0.15, 0.2) is 0 Å². The maximum atomic E-state index is 5.54. The average molecular weight is 257 g/mol. The molecular formula is C11H17BrN2. The van der Waals surface area contributed by atoms with Gasteiger partial charge in [-0.15, -0.1) is 0 Å². The van der Waals surface area contributed by atoms with Crippen LogP contribution >= 0.6 is 15.9 Å². The van der Waals surface area contributed by atoms with Crippen molar-refractivity contribution in [1.29, 1.82) is 0 Å². The molecule has 0 spiro atoms. The molecule has 1 aromatic rings. The normalized spacial score (nSPS) is 12.6. The summed E-state index contributed by atoms with van der Waals surface area (Å²) in [6, 6.07) is 8.82. The molecule has 2 N–H and O–H groups in total. The van der Waals surface area contributed by atoms with Crippen LogP contribution in [-0.4, -0.2) is 19.6 Å². The highest BCUT2D eigenvalue weighted by Crippen LogP contribution is 2.19. The van der Waals surface area contributed by atoms with Crippen molar-refractivity contribution in [3.8, 4) is 0 Å². The molecule has 0 amide bonds. The summed E-state index contributed by atoms with van der Waals surface area (Å²) in [4.78, 5) is 2.25. The van der Waals surface area contributed by atoms with E-state index >= 15 is 0 Å². The number of nitrogens with zero attached hydrogens (tertiary/aromatic N) is 1. The first kappa shape index (κ1) is 11.5. The maximum Gasteiger partial charge on any atom is 0.0366 e. The van der Waals surface area contributed by atoms with E-state index < -0.39 is 0 Å². The Kier molecular flexibility index (Phi) is 4.42. The Morgan fingerprint density at radius 3 is 2.43 bits per heavy atom. The molecule has 0 saturated carbocycles. The van der Waals surface area contributed by atoms with Crippen molar-refractivity contribution < 1.29 is 0 Å². The Labute approximate surface area is 94.2 Å². The molecule has 0 aromatic heterocycles. The van der Waals surface area contributed by atoms with Gasteiger partial charge in [-0.3, -0.25) is 0 Å². The fraction of sp³-hybridized carbons (Fsp3) is 0.455. The molecule has 1 rings (SSSR count). The zero-order chi connectivity index (χ0) is 10.6. The minimum absolute atomic E-state index is 0.487. The summed E-state index contributed by atoms with van der Waals surface area (Å²) in [7, 11) is 2.10. The Bertz CT molecular complexity index is 271. The van der Waals surface area contributed by atoms with Crippen molar-refractivity contribution in [2.75, 3.05) is 18.5 Å². The van der Waals surface area contributed by atoms with E-state index in [2.05, 4.69) is 59.1 Å². The Balaban J connectivity index is 2.68. The van der Waals surface area contributed by atoms with Crippen LogP contribution < -0.4 is 10.6 Å². The molecule has 0 fully saturated rings. The monoisotopic (exact) mass is 256 g/mol. The first-order chi connectivity index (χ1) is 6.65. The van der Waals surface area contributed by atoms with Gasteiger partial charge in [-0.2, -0.15) is 0 Å². The number of hydrogen-bond acceptors (Lipinski definition) is 2. The SMILES string of the molecule is CC(CCN)N(C)c1ccc(Br)cc1. The highest BCUT2D eigenvalue weighted by molar-refractivity contribution is 9.10. The molecule has 78 valence electrons. The predicted octanol–water partition coefficient (Wildman–Crippen LogP) is 2.62. The first-order valence-electron chi connectivity index (χ1n) is 4.83. The van der Waals surface area contributed by atoms with Crippen LogP contribution in [0, 0.1) is 0 Å². The van der Waals surface area contributed by atoms with E-state index in [1.807, 2.05) is 0 Å². The van der Waals surface area contributed by atoms with E-state index in [1.165, 1.54) is 5.69 Å². The summed E-state index contributed by atoms with van der Waals surface area (Å²) >= 11 is 3.42. The fourth-order valence-electron chi connectivity index (χ4n) is 1.37. The number of hydrogen-bond donors (Lipinski definition) is 1. The zero-order valence-corrected chi connectivity index (χ0v) is 10.3. The average Bonchev–Trinajstić information content (AvgIpc) is 2.18. The number of rotatable bonds is 4. The van der Waals surface area contributed by atoms with Gasteiger partial charge in [0, 0.05) is 23.2 Å². The lowest BCUT2D eigenvalue weighted by Crippen LogP contribution is -2.30. The first-order valence-corrected chi connectivity index (χ1v) is 5.63. The lowest BCUT2D eigenvalue weighted by molar-refractivity contribution is 0.635. The molecular weight excluding hydrogens is 240 g/mol. The Hall–Kier alpha value is -0.540. The van der Waals surface area contributed by atoms with E-state index in [0.717, 1.165) is 17.4 Å². The van der Waals surface area contributed by atoms with E-state index in [9.17, 15) is 0 Å². The Morgan fingerprint density at radius 2 is 1.93 bits per heavy atom. The molecule has 0 aliphatic carbocycles. The summed E-state index contributed by atoms with van der Waals surface area (Å²) < 4.78 is 1.11. The molecule has 1 atom stereocenters. The summed E-state index contributed by atoms with van der Waals surface area (Å²) in [5, 5.41) is 0. The van der Waals surface area contributed by atoms with Crippen LogP contribution in [0.25, 0.3) is 0 Å². The van der Waals surface area contributed by atoms with Gasteiger partial charge in [-0.05, 0) is 44.2 Å². The Morgan fingerprint density at radius 1 is 1.36 bits per heavy atom. The third-order valence-electron chi connectivity index (χ3n) is 2.48. The van der Waals surface area contributed by atoms with Crippen LogP contribution in [0.4, 0.5) is 5.69 Å². The van der Waals surface area contributed by atoms with Crippen molar-refractivity contribution in [3.05, 3.63) is 28.7 Å². The van der Waals surface area contributed by atoms with Gasteiger partial charge in [-0.25, -0.2) is 0 Å². The van der Waals surface area contributed by atoms with Crippen LogP contribution in [0.15, 0.2) is 28.7 Å². The molecule has 2 nitrogen and oxygen atoms in total. The molecule has 3 heteroatoms. The minimum Gasteiger partial charge on any atom is -0.372 e. The van der Waals surface area contributed by atoms with Gasteiger partial charge >= 0.3 is 0 Å². The van der Waals surface area contributed by atoms with Crippen LogP contribution in [0.5, 0.6) is 0 Å². The molecule has 0 saturated heterocycles. The maximum absolute atomic E-state index is 5.54.